The van der Waals surface area contributed by atoms with Crippen LogP contribution in [0.15, 0.2) is 152 Å². The van der Waals surface area contributed by atoms with Crippen molar-refractivity contribution < 1.29 is 0 Å². The maximum absolute atomic E-state index is 4.24. The van der Waals surface area contributed by atoms with Gasteiger partial charge in [-0.1, -0.05) is 109 Å². The van der Waals surface area contributed by atoms with Crippen LogP contribution < -0.4 is 0 Å². The molecular formula is C35H25N. The number of hydrogen-bond acceptors (Lipinski definition) is 1. The molecule has 0 spiro atoms. The number of benzene rings is 5. The van der Waals surface area contributed by atoms with Crippen molar-refractivity contribution in [2.24, 2.45) is 0 Å². The Morgan fingerprint density at radius 2 is 0.639 bits per heavy atom. The fourth-order valence-corrected chi connectivity index (χ4v) is 4.86. The molecule has 0 saturated heterocycles. The molecule has 0 amide bonds. The predicted octanol–water partition coefficient (Wildman–Crippen LogP) is 9.42. The van der Waals surface area contributed by atoms with Crippen LogP contribution in [0, 0.1) is 0 Å². The number of pyridine rings is 1. The van der Waals surface area contributed by atoms with E-state index in [1.54, 1.807) is 0 Å². The van der Waals surface area contributed by atoms with E-state index in [2.05, 4.69) is 145 Å². The van der Waals surface area contributed by atoms with Gasteiger partial charge in [0.05, 0.1) is 0 Å². The molecule has 0 N–H and O–H groups in total. The first-order valence-electron chi connectivity index (χ1n) is 12.2. The van der Waals surface area contributed by atoms with Crippen LogP contribution in [0.4, 0.5) is 0 Å². The van der Waals surface area contributed by atoms with Gasteiger partial charge in [-0.25, -0.2) is 0 Å². The summed E-state index contributed by atoms with van der Waals surface area (Å²) in [5.74, 6) is 0. The highest BCUT2D eigenvalue weighted by Crippen LogP contribution is 2.39. The largest absolute Gasteiger partial charge is 0.265 e. The summed E-state index contributed by atoms with van der Waals surface area (Å²) in [5.41, 5.74) is 12.1. The van der Waals surface area contributed by atoms with Crippen LogP contribution in [-0.4, -0.2) is 4.98 Å². The lowest BCUT2D eigenvalue weighted by atomic mass is 9.88. The Balaban J connectivity index is 1.59. The van der Waals surface area contributed by atoms with Crippen molar-refractivity contribution in [2.75, 3.05) is 0 Å². The molecule has 0 saturated carbocycles. The summed E-state index contributed by atoms with van der Waals surface area (Å²) in [4.78, 5) is 4.24. The molecule has 0 radical (unpaired) electrons. The van der Waals surface area contributed by atoms with Gasteiger partial charge in [-0.15, -0.1) is 0 Å². The zero-order valence-corrected chi connectivity index (χ0v) is 19.9. The van der Waals surface area contributed by atoms with E-state index in [1.165, 1.54) is 50.1 Å². The van der Waals surface area contributed by atoms with Crippen molar-refractivity contribution in [3.8, 4) is 55.6 Å². The molecule has 0 bridgehead atoms. The molecule has 5 aromatic carbocycles. The Kier molecular flexibility index (Phi) is 5.96. The average molecular weight is 460 g/mol. The molecule has 1 aromatic heterocycles. The van der Waals surface area contributed by atoms with E-state index in [-0.39, 0.29) is 0 Å². The van der Waals surface area contributed by atoms with Crippen molar-refractivity contribution in [3.05, 3.63) is 152 Å². The van der Waals surface area contributed by atoms with Crippen molar-refractivity contribution in [1.82, 2.24) is 4.98 Å². The maximum atomic E-state index is 4.24. The van der Waals surface area contributed by atoms with Crippen LogP contribution in [0.1, 0.15) is 0 Å². The highest BCUT2D eigenvalue weighted by Gasteiger charge is 2.13. The molecule has 0 aliphatic heterocycles. The molecule has 0 aliphatic carbocycles. The Labute approximate surface area is 212 Å². The summed E-state index contributed by atoms with van der Waals surface area (Å²) in [6, 6.07) is 49.7. The summed E-state index contributed by atoms with van der Waals surface area (Å²) in [6.07, 6.45) is 3.72. The monoisotopic (exact) mass is 459 g/mol. The van der Waals surface area contributed by atoms with Gasteiger partial charge in [0.25, 0.3) is 0 Å². The smallest absolute Gasteiger partial charge is 0.0273 e. The molecule has 0 unspecified atom stereocenters. The average Bonchev–Trinajstić information content (AvgIpc) is 2.98. The molecule has 0 aliphatic rings. The van der Waals surface area contributed by atoms with Gasteiger partial charge < -0.3 is 0 Å². The summed E-state index contributed by atoms with van der Waals surface area (Å²) in [5, 5.41) is 0. The molecular weight excluding hydrogens is 434 g/mol. The Bertz CT molecular complexity index is 1500. The lowest BCUT2D eigenvalue weighted by Crippen LogP contribution is -1.90. The molecule has 1 heteroatoms. The lowest BCUT2D eigenvalue weighted by molar-refractivity contribution is 1.33. The topological polar surface area (TPSA) is 12.9 Å². The fraction of sp³-hybridized carbons (Fsp3) is 0. The van der Waals surface area contributed by atoms with Crippen LogP contribution in [0.5, 0.6) is 0 Å². The van der Waals surface area contributed by atoms with E-state index in [9.17, 15) is 0 Å². The van der Waals surface area contributed by atoms with Crippen LogP contribution in [0.3, 0.4) is 0 Å². The summed E-state index contributed by atoms with van der Waals surface area (Å²) in [6.45, 7) is 0. The number of rotatable bonds is 5. The lowest BCUT2D eigenvalue weighted by Gasteiger charge is -2.16. The molecule has 1 heterocycles. The van der Waals surface area contributed by atoms with Gasteiger partial charge in [-0.05, 0) is 86.0 Å². The van der Waals surface area contributed by atoms with Gasteiger partial charge in [0.1, 0.15) is 0 Å². The van der Waals surface area contributed by atoms with Gasteiger partial charge in [0.15, 0.2) is 0 Å². The zero-order chi connectivity index (χ0) is 24.2. The van der Waals surface area contributed by atoms with Gasteiger partial charge in [-0.2, -0.15) is 0 Å². The third-order valence-electron chi connectivity index (χ3n) is 6.59. The SMILES string of the molecule is c1ccc(-c2ccccc2-c2cc(-c3ccncc3)cc(-c3ccccc3-c3ccccc3)c2)cc1. The second-order valence-corrected chi connectivity index (χ2v) is 8.86. The summed E-state index contributed by atoms with van der Waals surface area (Å²) in [7, 11) is 0. The Hall–Kier alpha value is -4.75. The minimum atomic E-state index is 1.16. The van der Waals surface area contributed by atoms with Gasteiger partial charge in [0.2, 0.25) is 0 Å². The second kappa shape index (κ2) is 9.85. The molecule has 0 atom stereocenters. The highest BCUT2D eigenvalue weighted by atomic mass is 14.6. The van der Waals surface area contributed by atoms with Gasteiger partial charge in [0, 0.05) is 12.4 Å². The third-order valence-corrected chi connectivity index (χ3v) is 6.59. The minimum Gasteiger partial charge on any atom is -0.265 e. The first-order valence-corrected chi connectivity index (χ1v) is 12.2. The predicted molar refractivity (Wildman–Crippen MR) is 151 cm³/mol. The Morgan fingerprint density at radius 1 is 0.278 bits per heavy atom. The van der Waals surface area contributed by atoms with Crippen molar-refractivity contribution in [3.63, 3.8) is 0 Å². The normalized spacial score (nSPS) is 10.8. The summed E-state index contributed by atoms with van der Waals surface area (Å²) >= 11 is 0. The van der Waals surface area contributed by atoms with Crippen molar-refractivity contribution in [1.29, 1.82) is 0 Å². The van der Waals surface area contributed by atoms with E-state index in [0.29, 0.717) is 0 Å². The summed E-state index contributed by atoms with van der Waals surface area (Å²) < 4.78 is 0. The first kappa shape index (κ1) is 21.8. The molecule has 0 fully saturated rings. The quantitative estimate of drug-likeness (QED) is 0.250. The third kappa shape index (κ3) is 4.35. The van der Waals surface area contributed by atoms with E-state index in [0.717, 1.165) is 5.56 Å². The highest BCUT2D eigenvalue weighted by molar-refractivity contribution is 5.91. The molecule has 36 heavy (non-hydrogen) atoms. The second-order valence-electron chi connectivity index (χ2n) is 8.86. The number of nitrogens with zero attached hydrogens (tertiary/aromatic N) is 1. The molecule has 1 nitrogen and oxygen atoms in total. The molecule has 6 aromatic rings. The standard InChI is InChI=1S/C35H25N/c1-3-11-27(12-4-1)32-15-7-9-17-34(32)30-23-29(26-19-21-36-22-20-26)24-31(25-30)35-18-10-8-16-33(35)28-13-5-2-6-14-28/h1-25H. The van der Waals surface area contributed by atoms with Crippen LogP contribution in [0.2, 0.25) is 0 Å². The Morgan fingerprint density at radius 3 is 1.08 bits per heavy atom. The van der Waals surface area contributed by atoms with E-state index in [1.807, 2.05) is 12.4 Å². The van der Waals surface area contributed by atoms with Crippen LogP contribution >= 0.6 is 0 Å². The number of aromatic nitrogens is 1. The molecule has 170 valence electrons. The number of hydrogen-bond donors (Lipinski definition) is 0. The zero-order valence-electron chi connectivity index (χ0n) is 19.9. The van der Waals surface area contributed by atoms with Crippen molar-refractivity contribution in [2.45, 2.75) is 0 Å². The minimum absolute atomic E-state index is 1.16. The maximum Gasteiger partial charge on any atom is 0.0273 e. The van der Waals surface area contributed by atoms with E-state index in [4.69, 9.17) is 0 Å². The van der Waals surface area contributed by atoms with Crippen LogP contribution in [-0.2, 0) is 0 Å². The van der Waals surface area contributed by atoms with E-state index >= 15 is 0 Å². The van der Waals surface area contributed by atoms with E-state index < -0.39 is 0 Å². The van der Waals surface area contributed by atoms with Gasteiger partial charge in [-0.3, -0.25) is 4.98 Å². The first-order chi connectivity index (χ1) is 17.9. The van der Waals surface area contributed by atoms with Gasteiger partial charge >= 0.3 is 0 Å². The fourth-order valence-electron chi connectivity index (χ4n) is 4.86. The van der Waals surface area contributed by atoms with Crippen molar-refractivity contribution >= 4 is 0 Å². The molecule has 6 rings (SSSR count). The van der Waals surface area contributed by atoms with Crippen LogP contribution in [0.25, 0.3) is 55.6 Å².